The van der Waals surface area contributed by atoms with Gasteiger partial charge in [0.05, 0.1) is 0 Å². The first kappa shape index (κ1) is 20.8. The van der Waals surface area contributed by atoms with Crippen molar-refractivity contribution in [3.05, 3.63) is 52.7 Å². The number of halogens is 1. The Morgan fingerprint density at radius 2 is 1.83 bits per heavy atom. The summed E-state index contributed by atoms with van der Waals surface area (Å²) in [6.45, 7) is 2.84. The third kappa shape index (κ3) is 7.53. The number of guanidine groups is 1. The van der Waals surface area contributed by atoms with E-state index < -0.39 is 0 Å². The van der Waals surface area contributed by atoms with Gasteiger partial charge >= 0.3 is 0 Å². The summed E-state index contributed by atoms with van der Waals surface area (Å²) in [5, 5.41) is 8.85. The van der Waals surface area contributed by atoms with Crippen LogP contribution in [-0.4, -0.2) is 39.7 Å². The van der Waals surface area contributed by atoms with Gasteiger partial charge in [-0.15, -0.1) is 35.3 Å². The highest BCUT2D eigenvalue weighted by Gasteiger charge is 2.01. The average molecular weight is 458 g/mol. The maximum absolute atomic E-state index is 4.27. The Labute approximate surface area is 166 Å². The minimum absolute atomic E-state index is 0. The lowest BCUT2D eigenvalue weighted by molar-refractivity contribution is 0.728. The summed E-state index contributed by atoms with van der Waals surface area (Å²) in [4.78, 5) is 7.94. The number of anilines is 1. The second kappa shape index (κ2) is 12.1. The summed E-state index contributed by atoms with van der Waals surface area (Å²) < 4.78 is 0. The molecule has 0 radical (unpaired) electrons. The highest BCUT2D eigenvalue weighted by Crippen LogP contribution is 2.10. The van der Waals surface area contributed by atoms with Crippen molar-refractivity contribution in [3.8, 4) is 0 Å². The van der Waals surface area contributed by atoms with Crippen LogP contribution in [0.3, 0.4) is 0 Å². The molecule has 2 aromatic rings. The second-order valence-corrected chi connectivity index (χ2v) is 6.40. The van der Waals surface area contributed by atoms with Gasteiger partial charge in [-0.25, -0.2) is 0 Å². The molecule has 132 valence electrons. The molecule has 1 aromatic heterocycles. The average Bonchev–Trinajstić information content (AvgIpc) is 3.11. The third-order valence-electron chi connectivity index (χ3n) is 3.63. The summed E-state index contributed by atoms with van der Waals surface area (Å²) in [7, 11) is 3.94. The van der Waals surface area contributed by atoms with Gasteiger partial charge in [-0.3, -0.25) is 4.99 Å². The lowest BCUT2D eigenvalue weighted by Crippen LogP contribution is -2.39. The fourth-order valence-electron chi connectivity index (χ4n) is 2.31. The highest BCUT2D eigenvalue weighted by atomic mass is 127. The Morgan fingerprint density at radius 1 is 1.08 bits per heavy atom. The molecule has 0 bridgehead atoms. The molecule has 0 aliphatic rings. The van der Waals surface area contributed by atoms with Gasteiger partial charge in [0.1, 0.15) is 0 Å². The number of rotatable bonds is 8. The number of para-hydroxylation sites is 1. The van der Waals surface area contributed by atoms with Crippen molar-refractivity contribution in [1.29, 1.82) is 0 Å². The maximum atomic E-state index is 4.27. The predicted molar refractivity (Wildman–Crippen MR) is 117 cm³/mol. The molecule has 0 aliphatic heterocycles. The van der Waals surface area contributed by atoms with Crippen molar-refractivity contribution >= 4 is 47.0 Å². The Bertz CT molecular complexity index is 572. The van der Waals surface area contributed by atoms with Crippen molar-refractivity contribution in [1.82, 2.24) is 10.6 Å². The number of aliphatic imine (C=N–C) groups is 1. The largest absolute Gasteiger partial charge is 0.375 e. The normalized spacial score (nSPS) is 10.8. The van der Waals surface area contributed by atoms with E-state index in [0.29, 0.717) is 0 Å². The quantitative estimate of drug-likeness (QED) is 0.275. The first-order valence-corrected chi connectivity index (χ1v) is 8.90. The smallest absolute Gasteiger partial charge is 0.190 e. The Balaban J connectivity index is 0.00000288. The molecule has 1 heterocycles. The number of thiophene rings is 1. The van der Waals surface area contributed by atoms with E-state index in [-0.39, 0.29) is 24.0 Å². The molecule has 24 heavy (non-hydrogen) atoms. The third-order valence-corrected chi connectivity index (χ3v) is 4.56. The molecule has 2 N–H and O–H groups in total. The number of hydrogen-bond donors (Lipinski definition) is 2. The van der Waals surface area contributed by atoms with E-state index in [1.54, 1.807) is 11.3 Å². The number of benzene rings is 1. The van der Waals surface area contributed by atoms with Gasteiger partial charge in [0.25, 0.3) is 0 Å². The highest BCUT2D eigenvalue weighted by molar-refractivity contribution is 14.0. The zero-order valence-electron chi connectivity index (χ0n) is 14.4. The minimum Gasteiger partial charge on any atom is -0.375 e. The molecule has 4 nitrogen and oxygen atoms in total. The zero-order valence-corrected chi connectivity index (χ0v) is 17.5. The monoisotopic (exact) mass is 458 g/mol. The van der Waals surface area contributed by atoms with Crippen LogP contribution in [-0.2, 0) is 6.42 Å². The van der Waals surface area contributed by atoms with Gasteiger partial charge in [-0.1, -0.05) is 24.3 Å². The van der Waals surface area contributed by atoms with E-state index in [2.05, 4.69) is 69.4 Å². The van der Waals surface area contributed by atoms with E-state index in [0.717, 1.165) is 38.4 Å². The summed E-state index contributed by atoms with van der Waals surface area (Å²) in [6, 6.07) is 14.7. The number of hydrogen-bond acceptors (Lipinski definition) is 3. The molecule has 0 saturated carbocycles. The molecular formula is C18H27IN4S. The van der Waals surface area contributed by atoms with Crippen LogP contribution in [0.15, 0.2) is 52.8 Å². The summed E-state index contributed by atoms with van der Waals surface area (Å²) >= 11 is 1.80. The van der Waals surface area contributed by atoms with E-state index in [1.807, 2.05) is 13.1 Å². The fourth-order valence-corrected chi connectivity index (χ4v) is 3.02. The van der Waals surface area contributed by atoms with Gasteiger partial charge in [0.15, 0.2) is 5.96 Å². The molecule has 1 aromatic carbocycles. The van der Waals surface area contributed by atoms with Gasteiger partial charge < -0.3 is 15.5 Å². The molecule has 0 aliphatic carbocycles. The van der Waals surface area contributed by atoms with Gasteiger partial charge in [0.2, 0.25) is 0 Å². The topological polar surface area (TPSA) is 39.7 Å². The van der Waals surface area contributed by atoms with Crippen LogP contribution in [0.5, 0.6) is 0 Å². The Kier molecular flexibility index (Phi) is 10.5. The van der Waals surface area contributed by atoms with Crippen LogP contribution in [0.2, 0.25) is 0 Å². The van der Waals surface area contributed by atoms with Crippen molar-refractivity contribution in [2.75, 3.05) is 38.6 Å². The van der Waals surface area contributed by atoms with Crippen LogP contribution in [0.1, 0.15) is 11.3 Å². The molecule has 0 spiro atoms. The summed E-state index contributed by atoms with van der Waals surface area (Å²) in [6.07, 6.45) is 2.10. The van der Waals surface area contributed by atoms with E-state index >= 15 is 0 Å². The molecule has 6 heteroatoms. The van der Waals surface area contributed by atoms with Crippen LogP contribution in [0.25, 0.3) is 0 Å². The molecule has 2 rings (SSSR count). The van der Waals surface area contributed by atoms with Crippen LogP contribution < -0.4 is 15.5 Å². The van der Waals surface area contributed by atoms with Gasteiger partial charge in [0, 0.05) is 44.3 Å². The summed E-state index contributed by atoms with van der Waals surface area (Å²) in [5.74, 6) is 0.879. The molecule has 0 fully saturated rings. The number of nitrogens with zero attached hydrogens (tertiary/aromatic N) is 2. The molecule has 0 saturated heterocycles. The molecule has 0 amide bonds. The Morgan fingerprint density at radius 3 is 2.50 bits per heavy atom. The van der Waals surface area contributed by atoms with E-state index in [1.165, 1.54) is 10.6 Å². The van der Waals surface area contributed by atoms with Crippen LogP contribution in [0, 0.1) is 0 Å². The first-order chi connectivity index (χ1) is 11.3. The van der Waals surface area contributed by atoms with Crippen molar-refractivity contribution in [2.45, 2.75) is 12.8 Å². The standard InChI is InChI=1S/C18H26N4S.HI/c1-19-18(21-13-11-17-10-6-15-23-17)20-12-7-14-22(2)16-8-4-3-5-9-16;/h3-6,8-10,15H,7,11-14H2,1-2H3,(H2,19,20,21);1H. The summed E-state index contributed by atoms with van der Waals surface area (Å²) in [5.41, 5.74) is 1.26. The minimum atomic E-state index is 0. The number of nitrogens with one attached hydrogen (secondary N) is 2. The fraction of sp³-hybridized carbons (Fsp3) is 0.389. The zero-order chi connectivity index (χ0) is 16.3. The SMILES string of the molecule is CN=C(NCCCN(C)c1ccccc1)NCCc1cccs1.I. The lowest BCUT2D eigenvalue weighted by atomic mass is 10.3. The van der Waals surface area contributed by atoms with Gasteiger partial charge in [-0.05, 0) is 36.4 Å². The van der Waals surface area contributed by atoms with E-state index in [4.69, 9.17) is 0 Å². The molecule has 0 atom stereocenters. The van der Waals surface area contributed by atoms with Crippen molar-refractivity contribution in [2.24, 2.45) is 4.99 Å². The van der Waals surface area contributed by atoms with Gasteiger partial charge in [-0.2, -0.15) is 0 Å². The first-order valence-electron chi connectivity index (χ1n) is 8.02. The Hall–Kier alpha value is -1.28. The molecule has 0 unspecified atom stereocenters. The maximum Gasteiger partial charge on any atom is 0.190 e. The lowest BCUT2D eigenvalue weighted by Gasteiger charge is -2.19. The van der Waals surface area contributed by atoms with Crippen LogP contribution in [0.4, 0.5) is 5.69 Å². The predicted octanol–water partition coefficient (Wildman–Crippen LogP) is 3.60. The van der Waals surface area contributed by atoms with E-state index in [9.17, 15) is 0 Å². The van der Waals surface area contributed by atoms with Crippen molar-refractivity contribution < 1.29 is 0 Å². The van der Waals surface area contributed by atoms with Crippen molar-refractivity contribution in [3.63, 3.8) is 0 Å². The molecular weight excluding hydrogens is 431 g/mol. The second-order valence-electron chi connectivity index (χ2n) is 5.37. The van der Waals surface area contributed by atoms with Crippen LogP contribution >= 0.6 is 35.3 Å².